The molecule has 0 saturated carbocycles. The minimum Gasteiger partial charge on any atom is -0.478 e. The van der Waals surface area contributed by atoms with Crippen molar-refractivity contribution in [1.82, 2.24) is 4.57 Å². The molecule has 3 rings (SSSR count). The van der Waals surface area contributed by atoms with Crippen LogP contribution >= 0.6 is 0 Å². The first kappa shape index (κ1) is 17.7. The molecule has 26 heavy (non-hydrogen) atoms. The summed E-state index contributed by atoms with van der Waals surface area (Å²) < 4.78 is 15.6. The summed E-state index contributed by atoms with van der Waals surface area (Å²) in [6, 6.07) is 7.98. The number of benzene rings is 2. The van der Waals surface area contributed by atoms with E-state index in [1.807, 2.05) is 18.4 Å². The van der Waals surface area contributed by atoms with E-state index in [9.17, 15) is 14.3 Å². The number of fused-ring (bicyclic) bond motifs is 1. The second-order valence-corrected chi connectivity index (χ2v) is 6.63. The molecule has 0 spiro atoms. The largest absolute Gasteiger partial charge is 0.478 e. The molecule has 6 heteroatoms. The minimum atomic E-state index is -1.04. The van der Waals surface area contributed by atoms with E-state index in [0.717, 1.165) is 6.21 Å². The molecular formula is C20H20FN3O2. The molecule has 2 aromatic carbocycles. The van der Waals surface area contributed by atoms with Gasteiger partial charge in [-0.05, 0) is 48.7 Å². The first-order valence-corrected chi connectivity index (χ1v) is 8.24. The molecule has 0 unspecified atom stereocenters. The number of hydrogen-bond donors (Lipinski definition) is 3. The number of aromatic nitrogens is 1. The van der Waals surface area contributed by atoms with Gasteiger partial charge in [0, 0.05) is 34.2 Å². The van der Waals surface area contributed by atoms with Gasteiger partial charge in [-0.15, -0.1) is 0 Å². The molecule has 4 N–H and O–H groups in total. The van der Waals surface area contributed by atoms with Gasteiger partial charge in [0.25, 0.3) is 0 Å². The van der Waals surface area contributed by atoms with Crippen molar-refractivity contribution in [3.63, 3.8) is 0 Å². The number of nitrogen functional groups attached to an aromatic ring is 1. The summed E-state index contributed by atoms with van der Waals surface area (Å²) in [4.78, 5) is 12.0. The fourth-order valence-electron chi connectivity index (χ4n) is 3.33. The summed E-state index contributed by atoms with van der Waals surface area (Å²) >= 11 is 0. The minimum absolute atomic E-state index is 0.0940. The summed E-state index contributed by atoms with van der Waals surface area (Å²) in [6.07, 6.45) is 1.14. The molecular weight excluding hydrogens is 333 g/mol. The van der Waals surface area contributed by atoms with Crippen molar-refractivity contribution in [2.45, 2.75) is 26.7 Å². The van der Waals surface area contributed by atoms with Crippen LogP contribution in [0.1, 0.15) is 46.9 Å². The summed E-state index contributed by atoms with van der Waals surface area (Å²) in [6.45, 7) is 5.49. The number of aryl methyl sites for hydroxylation is 1. The molecule has 0 radical (unpaired) electrons. The summed E-state index contributed by atoms with van der Waals surface area (Å²) in [5, 5.41) is 17.9. The average Bonchev–Trinajstić information content (AvgIpc) is 2.91. The Labute approximate surface area is 150 Å². The second kappa shape index (κ2) is 6.29. The molecule has 0 aliphatic heterocycles. The molecule has 134 valence electrons. The zero-order valence-electron chi connectivity index (χ0n) is 14.8. The van der Waals surface area contributed by atoms with Crippen LogP contribution < -0.4 is 5.73 Å². The Balaban J connectivity index is 2.53. The second-order valence-electron chi connectivity index (χ2n) is 6.63. The van der Waals surface area contributed by atoms with Crippen molar-refractivity contribution in [3.8, 4) is 5.69 Å². The predicted molar refractivity (Wildman–Crippen MR) is 101 cm³/mol. The van der Waals surface area contributed by atoms with Crippen molar-refractivity contribution in [2.75, 3.05) is 5.73 Å². The fraction of sp³-hybridized carbons (Fsp3) is 0.200. The summed E-state index contributed by atoms with van der Waals surface area (Å²) in [5.74, 6) is -1.46. The zero-order valence-corrected chi connectivity index (χ0v) is 14.8. The molecule has 1 heterocycles. The molecule has 0 bridgehead atoms. The van der Waals surface area contributed by atoms with E-state index in [4.69, 9.17) is 11.1 Å². The zero-order chi connectivity index (χ0) is 19.2. The molecule has 5 nitrogen and oxygen atoms in total. The SMILES string of the molecule is Cc1cc(-n2c(C(C)C)c(C(=O)O)c3cc(N)c(C=N)cc32)ccc1F. The molecule has 1 aromatic heterocycles. The maximum atomic E-state index is 13.7. The number of rotatable bonds is 4. The highest BCUT2D eigenvalue weighted by molar-refractivity contribution is 6.08. The highest BCUT2D eigenvalue weighted by Crippen LogP contribution is 2.36. The lowest BCUT2D eigenvalue weighted by molar-refractivity contribution is 0.0697. The Bertz CT molecular complexity index is 1050. The van der Waals surface area contributed by atoms with Gasteiger partial charge in [-0.2, -0.15) is 0 Å². The van der Waals surface area contributed by atoms with Crippen LogP contribution in [0.4, 0.5) is 10.1 Å². The van der Waals surface area contributed by atoms with Gasteiger partial charge in [0.1, 0.15) is 5.82 Å². The maximum Gasteiger partial charge on any atom is 0.338 e. The van der Waals surface area contributed by atoms with Gasteiger partial charge in [-0.25, -0.2) is 9.18 Å². The van der Waals surface area contributed by atoms with Gasteiger partial charge in [0.2, 0.25) is 0 Å². The number of nitrogens with two attached hydrogens (primary N) is 1. The third kappa shape index (κ3) is 2.63. The number of carboxylic acid groups (broad SMARTS) is 1. The Kier molecular flexibility index (Phi) is 4.28. The van der Waals surface area contributed by atoms with Crippen LogP contribution in [-0.2, 0) is 0 Å². The topological polar surface area (TPSA) is 92.1 Å². The number of anilines is 1. The van der Waals surface area contributed by atoms with Gasteiger partial charge in [-0.1, -0.05) is 13.8 Å². The Morgan fingerprint density at radius 1 is 1.31 bits per heavy atom. The summed E-state index contributed by atoms with van der Waals surface area (Å²) in [5.41, 5.74) is 9.39. The Morgan fingerprint density at radius 2 is 2.00 bits per heavy atom. The molecule has 0 fully saturated rings. The van der Waals surface area contributed by atoms with Crippen LogP contribution in [-0.4, -0.2) is 21.9 Å². The van der Waals surface area contributed by atoms with Crippen LogP contribution in [0.2, 0.25) is 0 Å². The monoisotopic (exact) mass is 353 g/mol. The molecule has 3 aromatic rings. The van der Waals surface area contributed by atoms with Crippen molar-refractivity contribution >= 4 is 28.8 Å². The van der Waals surface area contributed by atoms with Gasteiger partial charge in [0.15, 0.2) is 0 Å². The Hall–Kier alpha value is -3.15. The van der Waals surface area contributed by atoms with E-state index in [1.165, 1.54) is 6.07 Å². The first-order valence-electron chi connectivity index (χ1n) is 8.24. The van der Waals surface area contributed by atoms with Crippen molar-refractivity contribution in [2.24, 2.45) is 0 Å². The predicted octanol–water partition coefficient (Wildman–Crippen LogP) is 4.48. The lowest BCUT2D eigenvalue weighted by Gasteiger charge is -2.15. The standard InChI is InChI=1S/C20H20FN3O2/c1-10(2)19-18(20(25)26)14-8-16(23)12(9-22)7-17(14)24(19)13-4-5-15(21)11(3)6-13/h4-10,22H,23H2,1-3H3,(H,25,26). The lowest BCUT2D eigenvalue weighted by atomic mass is 10.0. The smallest absolute Gasteiger partial charge is 0.338 e. The molecule has 0 aliphatic rings. The van der Waals surface area contributed by atoms with Gasteiger partial charge in [0.05, 0.1) is 11.1 Å². The number of halogens is 1. The van der Waals surface area contributed by atoms with Crippen molar-refractivity contribution in [1.29, 1.82) is 5.41 Å². The quantitative estimate of drug-likeness (QED) is 0.477. The molecule has 0 atom stereocenters. The van der Waals surface area contributed by atoms with Crippen LogP contribution in [0.25, 0.3) is 16.6 Å². The van der Waals surface area contributed by atoms with E-state index in [2.05, 4.69) is 0 Å². The fourth-order valence-corrected chi connectivity index (χ4v) is 3.33. The average molecular weight is 353 g/mol. The highest BCUT2D eigenvalue weighted by atomic mass is 19.1. The molecule has 0 aliphatic carbocycles. The van der Waals surface area contributed by atoms with E-state index in [-0.39, 0.29) is 17.3 Å². The van der Waals surface area contributed by atoms with Gasteiger partial charge < -0.3 is 20.8 Å². The summed E-state index contributed by atoms with van der Waals surface area (Å²) in [7, 11) is 0. The normalized spacial score (nSPS) is 11.3. The highest BCUT2D eigenvalue weighted by Gasteiger charge is 2.26. The number of carbonyl (C=O) groups is 1. The third-order valence-corrected chi connectivity index (χ3v) is 4.52. The van der Waals surface area contributed by atoms with Crippen LogP contribution in [0, 0.1) is 18.2 Å². The van der Waals surface area contributed by atoms with Crippen LogP contribution in [0.5, 0.6) is 0 Å². The van der Waals surface area contributed by atoms with E-state index in [0.29, 0.717) is 39.1 Å². The molecule has 0 saturated heterocycles. The molecule has 0 amide bonds. The van der Waals surface area contributed by atoms with Crippen LogP contribution in [0.15, 0.2) is 30.3 Å². The lowest BCUT2D eigenvalue weighted by Crippen LogP contribution is -2.08. The number of nitrogens with one attached hydrogen (secondary N) is 1. The maximum absolute atomic E-state index is 13.7. The van der Waals surface area contributed by atoms with E-state index in [1.54, 1.807) is 31.2 Å². The Morgan fingerprint density at radius 3 is 2.54 bits per heavy atom. The number of nitrogens with zero attached hydrogens (tertiary/aromatic N) is 1. The number of hydrogen-bond acceptors (Lipinski definition) is 3. The third-order valence-electron chi connectivity index (χ3n) is 4.52. The van der Waals surface area contributed by atoms with Crippen molar-refractivity contribution in [3.05, 3.63) is 58.5 Å². The van der Waals surface area contributed by atoms with Gasteiger partial charge in [-0.3, -0.25) is 0 Å². The number of aromatic carboxylic acids is 1. The first-order chi connectivity index (χ1) is 12.3. The van der Waals surface area contributed by atoms with Gasteiger partial charge >= 0.3 is 5.97 Å². The number of carboxylic acids is 1. The van der Waals surface area contributed by atoms with Crippen LogP contribution in [0.3, 0.4) is 0 Å². The van der Waals surface area contributed by atoms with E-state index >= 15 is 0 Å². The van der Waals surface area contributed by atoms with Crippen molar-refractivity contribution < 1.29 is 14.3 Å². The van der Waals surface area contributed by atoms with E-state index < -0.39 is 5.97 Å².